The second kappa shape index (κ2) is 9.04. The van der Waals surface area contributed by atoms with Gasteiger partial charge in [0.05, 0.1) is 0 Å². The monoisotopic (exact) mass is 381 g/mol. The van der Waals surface area contributed by atoms with E-state index in [1.165, 1.54) is 6.42 Å². The normalized spacial score (nSPS) is 16.7. The number of aryl methyl sites for hydroxylation is 1. The predicted molar refractivity (Wildman–Crippen MR) is 115 cm³/mol. The number of hydrogen-bond donors (Lipinski definition) is 1. The molecule has 1 amide bonds. The third-order valence-electron chi connectivity index (χ3n) is 5.27. The smallest absolute Gasteiger partial charge is 0.274 e. The number of nitrogens with one attached hydrogen (secondary N) is 1. The van der Waals surface area contributed by atoms with E-state index in [2.05, 4.69) is 45.9 Å². The molecule has 0 spiro atoms. The topological polar surface area (TPSA) is 61.4 Å². The van der Waals surface area contributed by atoms with E-state index in [0.29, 0.717) is 17.6 Å². The van der Waals surface area contributed by atoms with Crippen molar-refractivity contribution >= 4 is 23.2 Å². The van der Waals surface area contributed by atoms with Gasteiger partial charge in [0.2, 0.25) is 5.95 Å². The minimum Gasteiger partial charge on any atom is -0.372 e. The lowest BCUT2D eigenvalue weighted by molar-refractivity contribution is 0.102. The van der Waals surface area contributed by atoms with Crippen molar-refractivity contribution in [2.75, 3.05) is 41.3 Å². The highest BCUT2D eigenvalue weighted by molar-refractivity contribution is 6.03. The molecule has 1 aliphatic rings. The van der Waals surface area contributed by atoms with E-state index >= 15 is 0 Å². The van der Waals surface area contributed by atoms with Crippen LogP contribution in [0.4, 0.5) is 17.3 Å². The number of benzene rings is 1. The summed E-state index contributed by atoms with van der Waals surface area (Å²) in [7, 11) is 0. The Morgan fingerprint density at radius 1 is 1.21 bits per heavy atom. The molecule has 28 heavy (non-hydrogen) atoms. The van der Waals surface area contributed by atoms with Crippen LogP contribution in [-0.2, 0) is 0 Å². The Bertz CT molecular complexity index is 801. The number of hydrogen-bond acceptors (Lipinski definition) is 5. The number of carbonyl (C=O) groups excluding carboxylic acids is 1. The Labute approximate surface area is 168 Å². The molecule has 2 heterocycles. The molecule has 2 aromatic rings. The molecule has 0 bridgehead atoms. The molecule has 1 aliphatic heterocycles. The first kappa shape index (κ1) is 20.1. The average Bonchev–Trinajstić information content (AvgIpc) is 2.69. The Morgan fingerprint density at radius 3 is 2.57 bits per heavy atom. The lowest BCUT2D eigenvalue weighted by Crippen LogP contribution is -2.36. The van der Waals surface area contributed by atoms with Gasteiger partial charge in [0.25, 0.3) is 5.91 Å². The van der Waals surface area contributed by atoms with Crippen LogP contribution in [0.25, 0.3) is 0 Å². The number of anilines is 3. The van der Waals surface area contributed by atoms with Crippen LogP contribution in [0.2, 0.25) is 0 Å². The molecule has 1 fully saturated rings. The van der Waals surface area contributed by atoms with Gasteiger partial charge >= 0.3 is 0 Å². The van der Waals surface area contributed by atoms with Crippen LogP contribution in [0.1, 0.15) is 49.8 Å². The van der Waals surface area contributed by atoms with Crippen molar-refractivity contribution in [2.24, 2.45) is 5.92 Å². The number of nitrogens with zero attached hydrogens (tertiary/aromatic N) is 4. The molecule has 1 N–H and O–H groups in total. The Balaban J connectivity index is 1.73. The first-order valence-corrected chi connectivity index (χ1v) is 10.3. The van der Waals surface area contributed by atoms with Crippen molar-refractivity contribution in [1.82, 2.24) is 9.97 Å². The molecule has 1 aromatic heterocycles. The van der Waals surface area contributed by atoms with Crippen LogP contribution >= 0.6 is 0 Å². The molecule has 1 saturated heterocycles. The average molecular weight is 382 g/mol. The zero-order valence-corrected chi connectivity index (χ0v) is 17.4. The van der Waals surface area contributed by atoms with E-state index in [0.717, 1.165) is 49.7 Å². The van der Waals surface area contributed by atoms with Crippen molar-refractivity contribution < 1.29 is 4.79 Å². The van der Waals surface area contributed by atoms with E-state index in [1.54, 1.807) is 6.07 Å². The molecule has 6 nitrogen and oxygen atoms in total. The summed E-state index contributed by atoms with van der Waals surface area (Å²) in [5.41, 5.74) is 3.14. The molecular weight excluding hydrogens is 350 g/mol. The molecule has 1 unspecified atom stereocenters. The minimum atomic E-state index is -0.201. The second-order valence-corrected chi connectivity index (χ2v) is 7.56. The Morgan fingerprint density at radius 2 is 1.93 bits per heavy atom. The molecule has 6 heteroatoms. The quantitative estimate of drug-likeness (QED) is 0.815. The largest absolute Gasteiger partial charge is 0.372 e. The summed E-state index contributed by atoms with van der Waals surface area (Å²) >= 11 is 0. The molecule has 0 aliphatic carbocycles. The van der Waals surface area contributed by atoms with Crippen molar-refractivity contribution in [3.8, 4) is 0 Å². The lowest BCUT2D eigenvalue weighted by atomic mass is 10.0. The number of amides is 1. The van der Waals surface area contributed by atoms with Gasteiger partial charge in [-0.15, -0.1) is 0 Å². The van der Waals surface area contributed by atoms with Crippen LogP contribution in [0.5, 0.6) is 0 Å². The highest BCUT2D eigenvalue weighted by atomic mass is 16.1. The van der Waals surface area contributed by atoms with Crippen LogP contribution in [0.3, 0.4) is 0 Å². The SMILES string of the molecule is CCN(CC)c1ccc(NC(=O)c2cc(C)nc(N3CCCC(C)C3)n2)cc1. The maximum Gasteiger partial charge on any atom is 0.274 e. The summed E-state index contributed by atoms with van der Waals surface area (Å²) in [6.45, 7) is 12.2. The van der Waals surface area contributed by atoms with Gasteiger partial charge in [-0.25, -0.2) is 9.97 Å². The summed E-state index contributed by atoms with van der Waals surface area (Å²) in [6, 6.07) is 9.69. The fraction of sp³-hybridized carbons (Fsp3) is 0.500. The summed E-state index contributed by atoms with van der Waals surface area (Å²) in [6.07, 6.45) is 2.37. The zero-order valence-electron chi connectivity index (χ0n) is 17.4. The molecule has 0 radical (unpaired) electrons. The number of piperidine rings is 1. The van der Waals surface area contributed by atoms with Crippen molar-refractivity contribution in [3.05, 3.63) is 41.7 Å². The molecule has 3 rings (SSSR count). The lowest BCUT2D eigenvalue weighted by Gasteiger charge is -2.31. The maximum atomic E-state index is 12.8. The third-order valence-corrected chi connectivity index (χ3v) is 5.27. The summed E-state index contributed by atoms with van der Waals surface area (Å²) in [5.74, 6) is 1.08. The van der Waals surface area contributed by atoms with Crippen molar-refractivity contribution in [3.63, 3.8) is 0 Å². The Hall–Kier alpha value is -2.63. The zero-order chi connectivity index (χ0) is 20.1. The highest BCUT2D eigenvalue weighted by Gasteiger charge is 2.20. The van der Waals surface area contributed by atoms with E-state index < -0.39 is 0 Å². The fourth-order valence-corrected chi connectivity index (χ4v) is 3.72. The summed E-state index contributed by atoms with van der Waals surface area (Å²) in [5, 5.41) is 2.96. The predicted octanol–water partition coefficient (Wildman–Crippen LogP) is 4.12. The van der Waals surface area contributed by atoms with Gasteiger partial charge < -0.3 is 15.1 Å². The number of aromatic nitrogens is 2. The van der Waals surface area contributed by atoms with E-state index in [9.17, 15) is 4.79 Å². The standard InChI is InChI=1S/C22H31N5O/c1-5-26(6-2)19-11-9-18(10-12-19)24-21(28)20-14-17(4)23-22(25-20)27-13-7-8-16(3)15-27/h9-12,14,16H,5-8,13,15H2,1-4H3,(H,24,28). The van der Waals surface area contributed by atoms with Gasteiger partial charge in [0.15, 0.2) is 0 Å². The third kappa shape index (κ3) is 4.80. The number of carbonyl (C=O) groups is 1. The van der Waals surface area contributed by atoms with Gasteiger partial charge in [-0.05, 0) is 69.9 Å². The van der Waals surface area contributed by atoms with Gasteiger partial charge in [0, 0.05) is 43.2 Å². The van der Waals surface area contributed by atoms with Crippen LogP contribution in [0.15, 0.2) is 30.3 Å². The summed E-state index contributed by atoms with van der Waals surface area (Å²) < 4.78 is 0. The van der Waals surface area contributed by atoms with Crippen LogP contribution < -0.4 is 15.1 Å². The van der Waals surface area contributed by atoms with Crippen molar-refractivity contribution in [1.29, 1.82) is 0 Å². The van der Waals surface area contributed by atoms with Crippen molar-refractivity contribution in [2.45, 2.75) is 40.5 Å². The first-order chi connectivity index (χ1) is 13.5. The fourth-order valence-electron chi connectivity index (χ4n) is 3.72. The van der Waals surface area contributed by atoms with Gasteiger partial charge in [0.1, 0.15) is 5.69 Å². The van der Waals surface area contributed by atoms with E-state index in [-0.39, 0.29) is 5.91 Å². The van der Waals surface area contributed by atoms with Gasteiger partial charge in [-0.3, -0.25) is 4.79 Å². The summed E-state index contributed by atoms with van der Waals surface area (Å²) in [4.78, 5) is 26.3. The molecular formula is C22H31N5O. The van der Waals surface area contributed by atoms with Crippen LogP contribution in [-0.4, -0.2) is 42.1 Å². The van der Waals surface area contributed by atoms with Gasteiger partial charge in [-0.2, -0.15) is 0 Å². The number of rotatable bonds is 6. The highest BCUT2D eigenvalue weighted by Crippen LogP contribution is 2.21. The molecule has 1 atom stereocenters. The molecule has 1 aromatic carbocycles. The second-order valence-electron chi connectivity index (χ2n) is 7.56. The first-order valence-electron chi connectivity index (χ1n) is 10.3. The van der Waals surface area contributed by atoms with Gasteiger partial charge in [-0.1, -0.05) is 6.92 Å². The Kier molecular flexibility index (Phi) is 6.49. The molecule has 150 valence electrons. The van der Waals surface area contributed by atoms with Crippen LogP contribution in [0, 0.1) is 12.8 Å². The van der Waals surface area contributed by atoms with E-state index in [4.69, 9.17) is 0 Å². The molecule has 0 saturated carbocycles. The minimum absolute atomic E-state index is 0.201. The van der Waals surface area contributed by atoms with E-state index in [1.807, 2.05) is 31.2 Å². The maximum absolute atomic E-state index is 12.8.